The van der Waals surface area contributed by atoms with E-state index in [0.29, 0.717) is 23.5 Å². The minimum Gasteiger partial charge on any atom is -0.497 e. The summed E-state index contributed by atoms with van der Waals surface area (Å²) in [4.78, 5) is 4.42. The Labute approximate surface area is 146 Å². The number of anilines is 1. The third-order valence-electron chi connectivity index (χ3n) is 3.45. The van der Waals surface area contributed by atoms with Crippen molar-refractivity contribution in [3.8, 4) is 17.1 Å². The zero-order valence-electron chi connectivity index (χ0n) is 12.9. The van der Waals surface area contributed by atoms with Crippen LogP contribution in [0.25, 0.3) is 11.4 Å². The molecule has 1 fully saturated rings. The minimum absolute atomic E-state index is 0.567. The molecule has 0 saturated heterocycles. The molecule has 0 unspecified atom stereocenters. The maximum Gasteiger partial charge on any atom is 0.237 e. The summed E-state index contributed by atoms with van der Waals surface area (Å²) in [6, 6.07) is 8.13. The molecule has 1 N–H and O–H groups in total. The molecule has 124 valence electrons. The van der Waals surface area contributed by atoms with Crippen LogP contribution >= 0.6 is 23.1 Å². The average molecular weight is 361 g/mol. The lowest BCUT2D eigenvalue weighted by Crippen LogP contribution is -1.99. The number of rotatable bonds is 7. The molecule has 2 aromatic heterocycles. The van der Waals surface area contributed by atoms with E-state index in [2.05, 4.69) is 25.7 Å². The zero-order chi connectivity index (χ0) is 16.4. The summed E-state index contributed by atoms with van der Waals surface area (Å²) in [5.74, 6) is 2.51. The molecule has 1 saturated carbocycles. The third-order valence-corrected chi connectivity index (χ3v) is 5.42. The first-order valence-corrected chi connectivity index (χ1v) is 9.30. The fourth-order valence-corrected chi connectivity index (χ4v) is 3.69. The lowest BCUT2D eigenvalue weighted by atomic mass is 10.2. The van der Waals surface area contributed by atoms with Gasteiger partial charge in [-0.2, -0.15) is 4.98 Å². The van der Waals surface area contributed by atoms with Gasteiger partial charge in [-0.15, -0.1) is 10.2 Å². The van der Waals surface area contributed by atoms with E-state index in [0.717, 1.165) is 20.8 Å². The van der Waals surface area contributed by atoms with Crippen LogP contribution in [0.1, 0.15) is 18.7 Å². The molecule has 3 aromatic rings. The Morgan fingerprint density at radius 2 is 2.12 bits per heavy atom. The van der Waals surface area contributed by atoms with Gasteiger partial charge in [0.2, 0.25) is 16.8 Å². The van der Waals surface area contributed by atoms with E-state index in [9.17, 15) is 0 Å². The summed E-state index contributed by atoms with van der Waals surface area (Å²) in [7, 11) is 1.64. The molecular weight excluding hydrogens is 346 g/mol. The summed E-state index contributed by atoms with van der Waals surface area (Å²) < 4.78 is 11.3. The zero-order valence-corrected chi connectivity index (χ0v) is 14.6. The Balaban J connectivity index is 1.36. The molecular formula is C15H15N5O2S2. The molecule has 9 heteroatoms. The molecule has 0 amide bonds. The van der Waals surface area contributed by atoms with Crippen molar-refractivity contribution in [2.75, 3.05) is 12.4 Å². The molecule has 1 aliphatic carbocycles. The van der Waals surface area contributed by atoms with Gasteiger partial charge in [0.25, 0.3) is 0 Å². The molecule has 0 spiro atoms. The first-order chi connectivity index (χ1) is 11.8. The van der Waals surface area contributed by atoms with E-state index in [4.69, 9.17) is 9.26 Å². The van der Waals surface area contributed by atoms with Crippen LogP contribution in [-0.2, 0) is 5.75 Å². The van der Waals surface area contributed by atoms with Gasteiger partial charge >= 0.3 is 0 Å². The summed E-state index contributed by atoms with van der Waals surface area (Å²) in [5.41, 5.74) is 0.891. The van der Waals surface area contributed by atoms with E-state index >= 15 is 0 Å². The predicted octanol–water partition coefficient (Wildman–Crippen LogP) is 3.46. The first kappa shape index (κ1) is 15.4. The average Bonchev–Trinajstić information content (AvgIpc) is 3.11. The van der Waals surface area contributed by atoms with Crippen molar-refractivity contribution in [2.24, 2.45) is 0 Å². The van der Waals surface area contributed by atoms with E-state index in [1.54, 1.807) is 30.2 Å². The second-order valence-electron chi connectivity index (χ2n) is 5.32. The smallest absolute Gasteiger partial charge is 0.237 e. The number of aromatic nitrogens is 4. The number of nitrogens with one attached hydrogen (secondary N) is 1. The summed E-state index contributed by atoms with van der Waals surface area (Å²) in [6.45, 7) is 0. The van der Waals surface area contributed by atoms with Crippen molar-refractivity contribution in [2.45, 2.75) is 29.0 Å². The predicted molar refractivity (Wildman–Crippen MR) is 92.4 cm³/mol. The highest BCUT2D eigenvalue weighted by molar-refractivity contribution is 8.00. The van der Waals surface area contributed by atoms with Crippen molar-refractivity contribution >= 4 is 28.2 Å². The van der Waals surface area contributed by atoms with Crippen LogP contribution in [0.3, 0.4) is 0 Å². The largest absolute Gasteiger partial charge is 0.497 e. The number of nitrogens with zero attached hydrogens (tertiary/aromatic N) is 4. The molecule has 1 aliphatic rings. The van der Waals surface area contributed by atoms with Crippen LogP contribution in [0.5, 0.6) is 5.75 Å². The second kappa shape index (κ2) is 6.78. The minimum atomic E-state index is 0.567. The number of methoxy groups -OCH3 is 1. The van der Waals surface area contributed by atoms with Gasteiger partial charge in [-0.3, -0.25) is 0 Å². The molecule has 24 heavy (non-hydrogen) atoms. The van der Waals surface area contributed by atoms with E-state index in [-0.39, 0.29) is 0 Å². The lowest BCUT2D eigenvalue weighted by molar-refractivity contribution is 0.391. The van der Waals surface area contributed by atoms with Gasteiger partial charge in [-0.05, 0) is 37.1 Å². The number of thioether (sulfide) groups is 1. The molecule has 0 atom stereocenters. The third kappa shape index (κ3) is 3.68. The fraction of sp³-hybridized carbons (Fsp3) is 0.333. The van der Waals surface area contributed by atoms with Gasteiger partial charge < -0.3 is 14.6 Å². The van der Waals surface area contributed by atoms with Crippen molar-refractivity contribution in [3.05, 3.63) is 30.2 Å². The van der Waals surface area contributed by atoms with Gasteiger partial charge in [0.05, 0.1) is 12.9 Å². The highest BCUT2D eigenvalue weighted by atomic mass is 32.2. The van der Waals surface area contributed by atoms with Gasteiger partial charge in [-0.25, -0.2) is 0 Å². The summed E-state index contributed by atoms with van der Waals surface area (Å²) in [6.07, 6.45) is 2.44. The number of hydrogen-bond donors (Lipinski definition) is 1. The Morgan fingerprint density at radius 1 is 1.29 bits per heavy atom. The molecule has 2 heterocycles. The van der Waals surface area contributed by atoms with Crippen LogP contribution in [-0.4, -0.2) is 33.5 Å². The van der Waals surface area contributed by atoms with Crippen molar-refractivity contribution in [3.63, 3.8) is 0 Å². The van der Waals surface area contributed by atoms with Crippen LogP contribution in [0, 0.1) is 0 Å². The topological polar surface area (TPSA) is 86.0 Å². The molecule has 4 rings (SSSR count). The number of ether oxygens (including phenoxy) is 1. The van der Waals surface area contributed by atoms with Crippen LogP contribution < -0.4 is 10.1 Å². The lowest BCUT2D eigenvalue weighted by Gasteiger charge is -1.98. The molecule has 0 radical (unpaired) electrons. The van der Waals surface area contributed by atoms with E-state index < -0.39 is 0 Å². The summed E-state index contributed by atoms with van der Waals surface area (Å²) >= 11 is 3.10. The van der Waals surface area contributed by atoms with Gasteiger partial charge in [-0.1, -0.05) is 28.3 Å². The number of hydrogen-bond acceptors (Lipinski definition) is 9. The maximum atomic E-state index is 5.31. The Kier molecular flexibility index (Phi) is 4.35. The van der Waals surface area contributed by atoms with Crippen LogP contribution in [0.2, 0.25) is 0 Å². The fourth-order valence-electron chi connectivity index (χ4n) is 2.02. The Hall–Kier alpha value is -2.13. The van der Waals surface area contributed by atoms with Gasteiger partial charge in [0.15, 0.2) is 4.34 Å². The first-order valence-electron chi connectivity index (χ1n) is 7.50. The maximum absolute atomic E-state index is 5.31. The highest BCUT2D eigenvalue weighted by Crippen LogP contribution is 2.31. The van der Waals surface area contributed by atoms with Crippen molar-refractivity contribution in [1.82, 2.24) is 20.3 Å². The second-order valence-corrected chi connectivity index (χ2v) is 7.52. The quantitative estimate of drug-likeness (QED) is 0.640. The normalized spacial score (nSPS) is 13.9. The molecule has 0 aliphatic heterocycles. The van der Waals surface area contributed by atoms with Crippen molar-refractivity contribution in [1.29, 1.82) is 0 Å². The summed E-state index contributed by atoms with van der Waals surface area (Å²) in [5, 5.41) is 16.5. The van der Waals surface area contributed by atoms with Gasteiger partial charge in [0.1, 0.15) is 5.75 Å². The molecule has 0 bridgehead atoms. The highest BCUT2D eigenvalue weighted by Gasteiger charge is 2.22. The SMILES string of the molecule is COc1ccc(-c2noc(CSc3nnc(NC4CC4)s3)n2)cc1. The van der Waals surface area contributed by atoms with Crippen molar-refractivity contribution < 1.29 is 9.26 Å². The van der Waals surface area contributed by atoms with Crippen LogP contribution in [0.4, 0.5) is 5.13 Å². The molecule has 7 nitrogen and oxygen atoms in total. The number of benzene rings is 1. The van der Waals surface area contributed by atoms with Gasteiger partial charge in [0, 0.05) is 11.6 Å². The van der Waals surface area contributed by atoms with E-state index in [1.807, 2.05) is 24.3 Å². The monoisotopic (exact) mass is 361 g/mol. The van der Waals surface area contributed by atoms with E-state index in [1.165, 1.54) is 12.8 Å². The van der Waals surface area contributed by atoms with Crippen LogP contribution in [0.15, 0.2) is 33.1 Å². The molecule has 1 aromatic carbocycles. The Bertz CT molecular complexity index is 813. The standard InChI is InChI=1S/C15H15N5O2S2/c1-21-11-6-2-9(3-7-11)13-17-12(22-20-13)8-23-15-19-18-14(24-15)16-10-4-5-10/h2-3,6-7,10H,4-5,8H2,1H3,(H,16,18). The Morgan fingerprint density at radius 3 is 2.88 bits per heavy atom.